The normalized spacial score (nSPS) is 14.9. The van der Waals surface area contributed by atoms with Crippen LogP contribution in [0.3, 0.4) is 0 Å². The molecule has 0 aliphatic rings. The molecule has 1 unspecified atom stereocenters. The molecule has 0 spiro atoms. The van der Waals surface area contributed by atoms with Crippen molar-refractivity contribution in [1.29, 1.82) is 0 Å². The molecule has 0 fully saturated rings. The van der Waals surface area contributed by atoms with Gasteiger partial charge in [-0.25, -0.2) is 13.1 Å². The highest BCUT2D eigenvalue weighted by molar-refractivity contribution is 9.09. The van der Waals surface area contributed by atoms with Crippen molar-refractivity contribution in [2.24, 2.45) is 11.8 Å². The van der Waals surface area contributed by atoms with E-state index in [1.165, 1.54) is 0 Å². The monoisotopic (exact) mass is 299 g/mol. The van der Waals surface area contributed by atoms with Crippen molar-refractivity contribution in [3.63, 3.8) is 0 Å². The number of halogens is 1. The first-order chi connectivity index (χ1) is 6.74. The molecule has 0 radical (unpaired) electrons. The maximum atomic E-state index is 11.5. The molecule has 0 amide bonds. The second kappa shape index (κ2) is 6.86. The van der Waals surface area contributed by atoms with Gasteiger partial charge in [-0.15, -0.1) is 0 Å². The van der Waals surface area contributed by atoms with E-state index in [0.717, 1.165) is 0 Å². The highest BCUT2D eigenvalue weighted by Gasteiger charge is 2.15. The third kappa shape index (κ3) is 8.22. The molecule has 0 bridgehead atoms. The lowest BCUT2D eigenvalue weighted by Crippen LogP contribution is -2.33. The number of alkyl halides is 1. The second-order valence-electron chi connectivity index (χ2n) is 4.61. The molecule has 0 saturated carbocycles. The zero-order chi connectivity index (χ0) is 12.1. The van der Waals surface area contributed by atoms with Crippen LogP contribution in [0.2, 0.25) is 0 Å². The molecule has 0 heterocycles. The number of hydrogen-bond acceptors (Lipinski definition) is 2. The van der Waals surface area contributed by atoms with Crippen molar-refractivity contribution >= 4 is 26.0 Å². The third-order valence-electron chi connectivity index (χ3n) is 2.19. The summed E-state index contributed by atoms with van der Waals surface area (Å²) in [4.78, 5) is 0.200. The van der Waals surface area contributed by atoms with E-state index in [9.17, 15) is 8.42 Å². The van der Waals surface area contributed by atoms with Crippen molar-refractivity contribution in [2.75, 3.05) is 12.3 Å². The Bertz CT molecular complexity index is 263. The van der Waals surface area contributed by atoms with Crippen LogP contribution in [0.15, 0.2) is 0 Å². The fourth-order valence-electron chi connectivity index (χ4n) is 0.905. The number of sulfonamides is 1. The molecule has 0 aliphatic carbocycles. The van der Waals surface area contributed by atoms with Gasteiger partial charge in [0, 0.05) is 11.4 Å². The molecule has 0 aromatic heterocycles. The zero-order valence-corrected chi connectivity index (χ0v) is 12.4. The van der Waals surface area contributed by atoms with Gasteiger partial charge in [0.2, 0.25) is 10.0 Å². The molecule has 5 heteroatoms. The molecule has 15 heavy (non-hydrogen) atoms. The topological polar surface area (TPSA) is 46.2 Å². The molecule has 0 aliphatic heterocycles. The summed E-state index contributed by atoms with van der Waals surface area (Å²) in [5.74, 6) is 1.08. The first-order valence-electron chi connectivity index (χ1n) is 5.36. The van der Waals surface area contributed by atoms with E-state index in [1.807, 2.05) is 13.8 Å². The van der Waals surface area contributed by atoms with Gasteiger partial charge in [-0.1, -0.05) is 43.6 Å². The number of hydrogen-bond donors (Lipinski definition) is 1. The van der Waals surface area contributed by atoms with Crippen molar-refractivity contribution in [1.82, 2.24) is 4.72 Å². The zero-order valence-electron chi connectivity index (χ0n) is 9.96. The van der Waals surface area contributed by atoms with E-state index in [0.29, 0.717) is 24.8 Å². The minimum atomic E-state index is -3.09. The Balaban J connectivity index is 3.94. The van der Waals surface area contributed by atoms with E-state index in [1.54, 1.807) is 0 Å². The SMILES string of the molecule is CC(C)CCS(=O)(=O)NCC(Br)C(C)C. The number of nitrogens with one attached hydrogen (secondary N) is 1. The Labute approximate surface area is 102 Å². The molecular formula is C10H22BrNO2S. The lowest BCUT2D eigenvalue weighted by Gasteiger charge is -2.15. The Hall–Kier alpha value is 0.390. The van der Waals surface area contributed by atoms with E-state index < -0.39 is 10.0 Å². The summed E-state index contributed by atoms with van der Waals surface area (Å²) in [5, 5.41) is 0. The lowest BCUT2D eigenvalue weighted by atomic mass is 10.1. The first kappa shape index (κ1) is 15.4. The van der Waals surface area contributed by atoms with Crippen molar-refractivity contribution in [3.05, 3.63) is 0 Å². The summed E-state index contributed by atoms with van der Waals surface area (Å²) in [6, 6.07) is 0. The van der Waals surface area contributed by atoms with Gasteiger partial charge in [0.25, 0.3) is 0 Å². The van der Waals surface area contributed by atoms with Crippen LogP contribution < -0.4 is 4.72 Å². The number of rotatable bonds is 7. The maximum absolute atomic E-state index is 11.5. The van der Waals surface area contributed by atoms with Crippen LogP contribution in [-0.4, -0.2) is 25.5 Å². The fourth-order valence-corrected chi connectivity index (χ4v) is 2.64. The summed E-state index contributed by atoms with van der Waals surface area (Å²) in [6.07, 6.45) is 0.712. The van der Waals surface area contributed by atoms with E-state index >= 15 is 0 Å². The average molecular weight is 300 g/mol. The minimum Gasteiger partial charge on any atom is -0.214 e. The summed E-state index contributed by atoms with van der Waals surface area (Å²) >= 11 is 3.45. The van der Waals surface area contributed by atoms with Crippen LogP contribution in [-0.2, 0) is 10.0 Å². The maximum Gasteiger partial charge on any atom is 0.211 e. The highest BCUT2D eigenvalue weighted by atomic mass is 79.9. The van der Waals surface area contributed by atoms with Crippen LogP contribution in [0, 0.1) is 11.8 Å². The summed E-state index contributed by atoms with van der Waals surface area (Å²) in [6.45, 7) is 8.63. The van der Waals surface area contributed by atoms with E-state index in [2.05, 4.69) is 34.5 Å². The molecule has 1 atom stereocenters. The Morgan fingerprint density at radius 3 is 2.13 bits per heavy atom. The minimum absolute atomic E-state index is 0.200. The quantitative estimate of drug-likeness (QED) is 0.734. The predicted molar refractivity (Wildman–Crippen MR) is 68.8 cm³/mol. The van der Waals surface area contributed by atoms with Gasteiger partial charge in [0.15, 0.2) is 0 Å². The highest BCUT2D eigenvalue weighted by Crippen LogP contribution is 2.11. The van der Waals surface area contributed by atoms with Gasteiger partial charge >= 0.3 is 0 Å². The predicted octanol–water partition coefficient (Wildman–Crippen LogP) is 2.37. The summed E-state index contributed by atoms with van der Waals surface area (Å²) in [5.41, 5.74) is 0. The van der Waals surface area contributed by atoms with Crippen LogP contribution in [0.4, 0.5) is 0 Å². The van der Waals surface area contributed by atoms with Crippen LogP contribution in [0.5, 0.6) is 0 Å². The van der Waals surface area contributed by atoms with Crippen molar-refractivity contribution in [2.45, 2.75) is 38.9 Å². The fraction of sp³-hybridized carbons (Fsp3) is 1.00. The largest absolute Gasteiger partial charge is 0.214 e. The Morgan fingerprint density at radius 1 is 1.20 bits per heavy atom. The third-order valence-corrected chi connectivity index (χ3v) is 4.95. The average Bonchev–Trinajstić information content (AvgIpc) is 2.11. The second-order valence-corrected chi connectivity index (χ2v) is 7.71. The molecule has 0 aromatic carbocycles. The van der Waals surface area contributed by atoms with Gasteiger partial charge in [0.1, 0.15) is 0 Å². The smallest absolute Gasteiger partial charge is 0.211 e. The molecule has 1 N–H and O–H groups in total. The van der Waals surface area contributed by atoms with E-state index in [4.69, 9.17) is 0 Å². The Kier molecular flexibility index (Phi) is 7.04. The van der Waals surface area contributed by atoms with Crippen LogP contribution in [0.25, 0.3) is 0 Å². The summed E-state index contributed by atoms with van der Waals surface area (Å²) < 4.78 is 25.7. The first-order valence-corrected chi connectivity index (χ1v) is 7.93. The molecule has 92 valence electrons. The molecular weight excluding hydrogens is 278 g/mol. The van der Waals surface area contributed by atoms with Crippen LogP contribution in [0.1, 0.15) is 34.1 Å². The standard InChI is InChI=1S/C10H22BrNO2S/c1-8(2)5-6-15(13,14)12-7-10(11)9(3)4/h8-10,12H,5-7H2,1-4H3. The lowest BCUT2D eigenvalue weighted by molar-refractivity contribution is 0.549. The summed E-state index contributed by atoms with van der Waals surface area (Å²) in [7, 11) is -3.09. The Morgan fingerprint density at radius 2 is 1.73 bits per heavy atom. The molecule has 0 rings (SSSR count). The van der Waals surface area contributed by atoms with Gasteiger partial charge in [-0.05, 0) is 18.3 Å². The molecule has 0 saturated heterocycles. The van der Waals surface area contributed by atoms with Crippen molar-refractivity contribution < 1.29 is 8.42 Å². The van der Waals surface area contributed by atoms with Gasteiger partial charge in [0.05, 0.1) is 5.75 Å². The van der Waals surface area contributed by atoms with Gasteiger partial charge in [-0.3, -0.25) is 0 Å². The molecule has 3 nitrogen and oxygen atoms in total. The van der Waals surface area contributed by atoms with E-state index in [-0.39, 0.29) is 10.6 Å². The molecule has 0 aromatic rings. The van der Waals surface area contributed by atoms with Crippen LogP contribution >= 0.6 is 15.9 Å². The van der Waals surface area contributed by atoms with Gasteiger partial charge < -0.3 is 0 Å². The van der Waals surface area contributed by atoms with Gasteiger partial charge in [-0.2, -0.15) is 0 Å². The van der Waals surface area contributed by atoms with Crippen molar-refractivity contribution in [3.8, 4) is 0 Å².